The van der Waals surface area contributed by atoms with E-state index < -0.39 is 11.8 Å². The topological polar surface area (TPSA) is 63.6 Å². The van der Waals surface area contributed by atoms with E-state index >= 15 is 0 Å². The Kier molecular flexibility index (Phi) is 2.41. The van der Waals surface area contributed by atoms with Crippen LogP contribution in [0.4, 0.5) is 0 Å². The lowest BCUT2D eigenvalue weighted by molar-refractivity contribution is -0.131. The number of fused-ring (bicyclic) bond motifs is 1. The van der Waals surface area contributed by atoms with E-state index in [0.717, 1.165) is 18.4 Å². The quantitative estimate of drug-likeness (QED) is 0.584. The third kappa shape index (κ3) is 1.83. The molecule has 78 valence electrons. The zero-order chi connectivity index (χ0) is 10.8. The van der Waals surface area contributed by atoms with Gasteiger partial charge >= 0.3 is 5.97 Å². The molecule has 1 aliphatic heterocycles. The molecule has 0 radical (unpaired) electrons. The second-order valence-electron chi connectivity index (χ2n) is 3.41. The van der Waals surface area contributed by atoms with Crippen molar-refractivity contribution in [3.05, 3.63) is 29.3 Å². The van der Waals surface area contributed by atoms with Crippen LogP contribution in [0.5, 0.6) is 5.75 Å². The first-order valence-electron chi connectivity index (χ1n) is 4.72. The van der Waals surface area contributed by atoms with Crippen molar-refractivity contribution in [1.29, 1.82) is 0 Å². The van der Waals surface area contributed by atoms with E-state index in [0.29, 0.717) is 12.4 Å². The molecule has 0 unspecified atom stereocenters. The van der Waals surface area contributed by atoms with Crippen molar-refractivity contribution in [2.24, 2.45) is 0 Å². The molecule has 0 amide bonds. The zero-order valence-corrected chi connectivity index (χ0v) is 8.03. The van der Waals surface area contributed by atoms with E-state index in [2.05, 4.69) is 0 Å². The summed E-state index contributed by atoms with van der Waals surface area (Å²) in [6.45, 7) is 0.623. The van der Waals surface area contributed by atoms with Crippen LogP contribution in [0.1, 0.15) is 22.3 Å². The fourth-order valence-corrected chi connectivity index (χ4v) is 1.60. The Morgan fingerprint density at radius 1 is 1.33 bits per heavy atom. The molecule has 1 aromatic rings. The number of ketones is 1. The second kappa shape index (κ2) is 3.73. The zero-order valence-electron chi connectivity index (χ0n) is 8.03. The minimum atomic E-state index is -1.44. The normalized spacial score (nSPS) is 13.9. The van der Waals surface area contributed by atoms with Crippen LogP contribution in [0.2, 0.25) is 0 Å². The fourth-order valence-electron chi connectivity index (χ4n) is 1.60. The molecule has 0 atom stereocenters. The number of aliphatic carboxylic acids is 1. The Balaban J connectivity index is 2.36. The minimum absolute atomic E-state index is 0.170. The van der Waals surface area contributed by atoms with Gasteiger partial charge < -0.3 is 9.84 Å². The Hall–Kier alpha value is -1.84. The molecule has 2 rings (SSSR count). The average Bonchev–Trinajstić information content (AvgIpc) is 2.27. The van der Waals surface area contributed by atoms with Gasteiger partial charge in [-0.2, -0.15) is 0 Å². The Bertz CT molecular complexity index is 423. The Morgan fingerprint density at radius 2 is 2.13 bits per heavy atom. The van der Waals surface area contributed by atoms with Gasteiger partial charge in [0.05, 0.1) is 6.61 Å². The van der Waals surface area contributed by atoms with Gasteiger partial charge in [-0.15, -0.1) is 0 Å². The number of hydrogen-bond donors (Lipinski definition) is 1. The molecule has 0 aromatic heterocycles. The lowest BCUT2D eigenvalue weighted by Gasteiger charge is -2.17. The van der Waals surface area contributed by atoms with Crippen LogP contribution in [0.3, 0.4) is 0 Å². The van der Waals surface area contributed by atoms with Gasteiger partial charge in [-0.25, -0.2) is 4.79 Å². The van der Waals surface area contributed by atoms with E-state index in [1.165, 1.54) is 12.1 Å². The van der Waals surface area contributed by atoms with E-state index in [1.54, 1.807) is 6.07 Å². The van der Waals surface area contributed by atoms with Gasteiger partial charge in [-0.05, 0) is 24.5 Å². The number of hydrogen-bond acceptors (Lipinski definition) is 3. The summed E-state index contributed by atoms with van der Waals surface area (Å²) in [5.41, 5.74) is 1.20. The third-order valence-corrected chi connectivity index (χ3v) is 2.37. The number of carbonyl (C=O) groups excluding carboxylic acids is 1. The largest absolute Gasteiger partial charge is 0.493 e. The first kappa shape index (κ1) is 9.71. The number of benzene rings is 1. The van der Waals surface area contributed by atoms with Gasteiger partial charge in [-0.1, -0.05) is 12.1 Å². The van der Waals surface area contributed by atoms with Crippen molar-refractivity contribution in [1.82, 2.24) is 0 Å². The average molecular weight is 206 g/mol. The smallest absolute Gasteiger partial charge is 0.377 e. The molecule has 0 saturated heterocycles. The van der Waals surface area contributed by atoms with Gasteiger partial charge in [0, 0.05) is 5.56 Å². The molecule has 0 fully saturated rings. The molecule has 1 heterocycles. The highest BCUT2D eigenvalue weighted by Crippen LogP contribution is 2.25. The van der Waals surface area contributed by atoms with Crippen LogP contribution in [0, 0.1) is 0 Å². The maximum atomic E-state index is 11.2. The summed E-state index contributed by atoms with van der Waals surface area (Å²) in [5.74, 6) is -1.70. The van der Waals surface area contributed by atoms with Crippen LogP contribution in [0.25, 0.3) is 0 Å². The summed E-state index contributed by atoms with van der Waals surface area (Å²) in [4.78, 5) is 21.7. The van der Waals surface area contributed by atoms with Crippen molar-refractivity contribution >= 4 is 11.8 Å². The van der Waals surface area contributed by atoms with E-state index in [-0.39, 0.29) is 5.56 Å². The number of carbonyl (C=O) groups is 2. The van der Waals surface area contributed by atoms with Crippen LogP contribution >= 0.6 is 0 Å². The number of Topliss-reactive ketones (excluding diaryl/α,β-unsaturated/α-hetero) is 1. The lowest BCUT2D eigenvalue weighted by Crippen LogP contribution is -2.14. The highest BCUT2D eigenvalue weighted by Gasteiger charge is 2.18. The molecule has 0 aliphatic carbocycles. The van der Waals surface area contributed by atoms with Crippen molar-refractivity contribution < 1.29 is 19.4 Å². The number of aryl methyl sites for hydroxylation is 1. The van der Waals surface area contributed by atoms with Gasteiger partial charge in [0.1, 0.15) is 5.75 Å². The standard InChI is InChI=1S/C11H10O4/c12-10(11(13)14)8-4-3-7-2-1-5-15-9(7)6-8/h3-4,6H,1-2,5H2,(H,13,14). The molecule has 15 heavy (non-hydrogen) atoms. The molecule has 4 heteroatoms. The molecule has 0 bridgehead atoms. The molecule has 0 saturated carbocycles. The van der Waals surface area contributed by atoms with Crippen molar-refractivity contribution in [3.8, 4) is 5.75 Å². The first-order chi connectivity index (χ1) is 7.18. The van der Waals surface area contributed by atoms with Crippen LogP contribution < -0.4 is 4.74 Å². The number of rotatable bonds is 2. The molecular formula is C11H10O4. The summed E-state index contributed by atoms with van der Waals surface area (Å²) < 4.78 is 5.35. The maximum absolute atomic E-state index is 11.2. The molecule has 4 nitrogen and oxygen atoms in total. The van der Waals surface area contributed by atoms with E-state index in [4.69, 9.17) is 9.84 Å². The summed E-state index contributed by atoms with van der Waals surface area (Å²) in [6.07, 6.45) is 1.87. The van der Waals surface area contributed by atoms with E-state index in [9.17, 15) is 9.59 Å². The Morgan fingerprint density at radius 3 is 2.87 bits per heavy atom. The number of carboxylic acids is 1. The van der Waals surface area contributed by atoms with Crippen molar-refractivity contribution in [3.63, 3.8) is 0 Å². The molecular weight excluding hydrogens is 196 g/mol. The predicted octanol–water partition coefficient (Wildman–Crippen LogP) is 1.28. The number of carboxylic acid groups (broad SMARTS) is 1. The third-order valence-electron chi connectivity index (χ3n) is 2.37. The highest BCUT2D eigenvalue weighted by molar-refractivity contribution is 6.39. The second-order valence-corrected chi connectivity index (χ2v) is 3.41. The van der Waals surface area contributed by atoms with Crippen LogP contribution in [-0.2, 0) is 11.2 Å². The first-order valence-corrected chi connectivity index (χ1v) is 4.72. The molecule has 1 aromatic carbocycles. The van der Waals surface area contributed by atoms with Crippen LogP contribution in [0.15, 0.2) is 18.2 Å². The SMILES string of the molecule is O=C(O)C(=O)c1ccc2c(c1)OCCC2. The van der Waals surface area contributed by atoms with Gasteiger partial charge in [0.15, 0.2) is 0 Å². The summed E-state index contributed by atoms with van der Waals surface area (Å²) in [7, 11) is 0. The fraction of sp³-hybridized carbons (Fsp3) is 0.273. The minimum Gasteiger partial charge on any atom is -0.493 e. The highest BCUT2D eigenvalue weighted by atomic mass is 16.5. The predicted molar refractivity (Wildman–Crippen MR) is 52.2 cm³/mol. The lowest BCUT2D eigenvalue weighted by atomic mass is 10.0. The summed E-state index contributed by atoms with van der Waals surface area (Å²) in [6, 6.07) is 4.79. The summed E-state index contributed by atoms with van der Waals surface area (Å²) in [5, 5.41) is 8.55. The van der Waals surface area contributed by atoms with Gasteiger partial charge in [0.25, 0.3) is 5.78 Å². The molecule has 1 N–H and O–H groups in total. The maximum Gasteiger partial charge on any atom is 0.377 e. The molecule has 1 aliphatic rings. The number of ether oxygens (including phenoxy) is 1. The van der Waals surface area contributed by atoms with Gasteiger partial charge in [0.2, 0.25) is 0 Å². The van der Waals surface area contributed by atoms with Crippen LogP contribution in [-0.4, -0.2) is 23.5 Å². The van der Waals surface area contributed by atoms with Gasteiger partial charge in [-0.3, -0.25) is 4.79 Å². The Labute approximate surface area is 86.5 Å². The molecule has 0 spiro atoms. The van der Waals surface area contributed by atoms with Crippen molar-refractivity contribution in [2.75, 3.05) is 6.61 Å². The van der Waals surface area contributed by atoms with E-state index in [1.807, 2.05) is 0 Å². The van der Waals surface area contributed by atoms with Crippen molar-refractivity contribution in [2.45, 2.75) is 12.8 Å². The monoisotopic (exact) mass is 206 g/mol. The summed E-state index contributed by atoms with van der Waals surface area (Å²) >= 11 is 0.